The number of aliphatic hydroxyl groups is 1. The Morgan fingerprint density at radius 1 is 1.33 bits per heavy atom. The van der Waals surface area contributed by atoms with E-state index >= 15 is 0 Å². The van der Waals surface area contributed by atoms with Crippen molar-refractivity contribution in [1.82, 2.24) is 0 Å². The summed E-state index contributed by atoms with van der Waals surface area (Å²) in [5.41, 5.74) is 5.58. The van der Waals surface area contributed by atoms with Gasteiger partial charge in [-0.25, -0.2) is 0 Å². The molecule has 2 unspecified atom stereocenters. The molecule has 3 N–H and O–H groups in total. The van der Waals surface area contributed by atoms with E-state index in [0.29, 0.717) is 12.5 Å². The first-order valence-electron chi connectivity index (χ1n) is 4.56. The molecule has 0 amide bonds. The number of hydrogen-bond acceptors (Lipinski definition) is 3. The van der Waals surface area contributed by atoms with Gasteiger partial charge in [-0.2, -0.15) is 0 Å². The van der Waals surface area contributed by atoms with Crippen LogP contribution in [0.2, 0.25) is 0 Å². The van der Waals surface area contributed by atoms with Gasteiger partial charge in [0.25, 0.3) is 0 Å². The van der Waals surface area contributed by atoms with Gasteiger partial charge in [0.1, 0.15) is 0 Å². The van der Waals surface area contributed by atoms with Crippen molar-refractivity contribution in [1.29, 1.82) is 0 Å². The maximum absolute atomic E-state index is 8.86. The Hall–Kier alpha value is -0.120. The molecule has 0 spiro atoms. The van der Waals surface area contributed by atoms with Gasteiger partial charge >= 0.3 is 0 Å². The number of nitrogens with two attached hydrogens (primary N) is 1. The van der Waals surface area contributed by atoms with E-state index in [4.69, 9.17) is 15.6 Å². The zero-order valence-corrected chi connectivity index (χ0v) is 8.29. The molecule has 0 aliphatic rings. The number of rotatable bonds is 6. The molecular formula is C9H21NO2. The highest BCUT2D eigenvalue weighted by Crippen LogP contribution is 2.02. The van der Waals surface area contributed by atoms with E-state index in [-0.39, 0.29) is 18.8 Å². The monoisotopic (exact) mass is 175 g/mol. The largest absolute Gasteiger partial charge is 0.394 e. The Morgan fingerprint density at radius 3 is 2.25 bits per heavy atom. The third kappa shape index (κ3) is 5.52. The smallest absolute Gasteiger partial charge is 0.0953 e. The first-order chi connectivity index (χ1) is 5.57. The number of aliphatic hydroxyl groups excluding tert-OH is 1. The molecule has 0 aromatic heterocycles. The van der Waals surface area contributed by atoms with E-state index in [1.807, 2.05) is 6.92 Å². The first kappa shape index (κ1) is 11.9. The molecule has 0 saturated carbocycles. The van der Waals surface area contributed by atoms with Gasteiger partial charge in [0.05, 0.1) is 12.7 Å². The quantitative estimate of drug-likeness (QED) is 0.626. The van der Waals surface area contributed by atoms with E-state index < -0.39 is 0 Å². The maximum Gasteiger partial charge on any atom is 0.0953 e. The fourth-order valence-corrected chi connectivity index (χ4v) is 0.826. The highest BCUT2D eigenvalue weighted by molar-refractivity contribution is 4.66. The van der Waals surface area contributed by atoms with E-state index in [1.54, 1.807) is 0 Å². The van der Waals surface area contributed by atoms with Crippen LogP contribution in [0.1, 0.15) is 27.2 Å². The van der Waals surface area contributed by atoms with Gasteiger partial charge in [-0.3, -0.25) is 0 Å². The fraction of sp³-hybridized carbons (Fsp3) is 1.00. The van der Waals surface area contributed by atoms with Crippen LogP contribution < -0.4 is 5.73 Å². The summed E-state index contributed by atoms with van der Waals surface area (Å²) in [5.74, 6) is 0.637. The Bertz CT molecular complexity index is 105. The Morgan fingerprint density at radius 2 is 1.92 bits per heavy atom. The van der Waals surface area contributed by atoms with Gasteiger partial charge in [-0.05, 0) is 19.3 Å². The lowest BCUT2D eigenvalue weighted by molar-refractivity contribution is -0.00312. The fourth-order valence-electron chi connectivity index (χ4n) is 0.826. The van der Waals surface area contributed by atoms with Crippen LogP contribution in [0.4, 0.5) is 0 Å². The van der Waals surface area contributed by atoms with E-state index in [9.17, 15) is 0 Å². The summed E-state index contributed by atoms with van der Waals surface area (Å²) in [4.78, 5) is 0. The molecule has 3 nitrogen and oxygen atoms in total. The van der Waals surface area contributed by atoms with Crippen LogP contribution in [0.25, 0.3) is 0 Å². The van der Waals surface area contributed by atoms with Crippen molar-refractivity contribution >= 4 is 0 Å². The van der Waals surface area contributed by atoms with Gasteiger partial charge < -0.3 is 15.6 Å². The minimum absolute atomic E-state index is 0.00968. The molecule has 0 aliphatic carbocycles. The Labute approximate surface area is 74.9 Å². The molecular weight excluding hydrogens is 154 g/mol. The first-order valence-corrected chi connectivity index (χ1v) is 4.56. The van der Waals surface area contributed by atoms with Crippen LogP contribution in [-0.4, -0.2) is 30.5 Å². The van der Waals surface area contributed by atoms with Crippen LogP contribution in [0.15, 0.2) is 0 Å². The zero-order valence-electron chi connectivity index (χ0n) is 8.29. The minimum atomic E-state index is -0.205. The molecule has 0 fully saturated rings. The van der Waals surface area contributed by atoms with Crippen LogP contribution in [0.5, 0.6) is 0 Å². The minimum Gasteiger partial charge on any atom is -0.394 e. The van der Waals surface area contributed by atoms with Crippen LogP contribution in [-0.2, 0) is 4.74 Å². The lowest BCUT2D eigenvalue weighted by atomic mass is 10.1. The summed E-state index contributed by atoms with van der Waals surface area (Å²) >= 11 is 0. The van der Waals surface area contributed by atoms with Crippen LogP contribution in [0.3, 0.4) is 0 Å². The van der Waals surface area contributed by atoms with Gasteiger partial charge in [-0.15, -0.1) is 0 Å². The lowest BCUT2D eigenvalue weighted by Crippen LogP contribution is -2.37. The predicted molar refractivity (Wildman–Crippen MR) is 49.9 cm³/mol. The van der Waals surface area contributed by atoms with E-state index in [0.717, 1.165) is 6.42 Å². The second-order valence-electron chi connectivity index (χ2n) is 3.63. The van der Waals surface area contributed by atoms with Crippen molar-refractivity contribution in [3.05, 3.63) is 0 Å². The summed E-state index contributed by atoms with van der Waals surface area (Å²) in [6.07, 6.45) is 0.812. The predicted octanol–water partition coefficient (Wildman–Crippen LogP) is 0.757. The topological polar surface area (TPSA) is 55.5 Å². The molecule has 74 valence electrons. The van der Waals surface area contributed by atoms with Crippen LogP contribution in [0, 0.1) is 5.92 Å². The second-order valence-corrected chi connectivity index (χ2v) is 3.63. The lowest BCUT2D eigenvalue weighted by Gasteiger charge is -2.19. The molecule has 0 heterocycles. The van der Waals surface area contributed by atoms with Crippen molar-refractivity contribution in [2.24, 2.45) is 11.7 Å². The molecule has 2 atom stereocenters. The average Bonchev–Trinajstić information content (AvgIpc) is 1.96. The number of ether oxygens (including phenoxy) is 1. The maximum atomic E-state index is 8.86. The molecule has 0 rings (SSSR count). The van der Waals surface area contributed by atoms with E-state index in [1.165, 1.54) is 0 Å². The van der Waals surface area contributed by atoms with Crippen molar-refractivity contribution in [2.45, 2.75) is 39.3 Å². The summed E-state index contributed by atoms with van der Waals surface area (Å²) in [5, 5.41) is 8.86. The zero-order chi connectivity index (χ0) is 9.56. The molecule has 3 heteroatoms. The number of hydrogen-bond donors (Lipinski definition) is 2. The Kier molecular flexibility index (Phi) is 6.34. The van der Waals surface area contributed by atoms with E-state index in [2.05, 4.69) is 13.8 Å². The second kappa shape index (κ2) is 6.40. The summed E-state index contributed by atoms with van der Waals surface area (Å²) < 4.78 is 5.39. The van der Waals surface area contributed by atoms with Gasteiger partial charge in [0.2, 0.25) is 0 Å². The van der Waals surface area contributed by atoms with Crippen molar-refractivity contribution < 1.29 is 9.84 Å². The Balaban J connectivity index is 3.45. The highest BCUT2D eigenvalue weighted by atomic mass is 16.5. The molecule has 0 saturated heterocycles. The standard InChI is InChI=1S/C9H21NO2/c1-7(2)4-5-12-9(6-11)8(3)10/h7-9,11H,4-6,10H2,1-3H3. The third-order valence-corrected chi connectivity index (χ3v) is 1.79. The van der Waals surface area contributed by atoms with Crippen LogP contribution >= 0.6 is 0 Å². The summed E-state index contributed by atoms with van der Waals surface area (Å²) in [7, 11) is 0. The molecule has 0 aromatic carbocycles. The molecule has 12 heavy (non-hydrogen) atoms. The van der Waals surface area contributed by atoms with Crippen molar-refractivity contribution in [3.8, 4) is 0 Å². The molecule has 0 radical (unpaired) electrons. The van der Waals surface area contributed by atoms with Crippen molar-refractivity contribution in [3.63, 3.8) is 0 Å². The highest BCUT2D eigenvalue weighted by Gasteiger charge is 2.12. The average molecular weight is 175 g/mol. The SMILES string of the molecule is CC(C)CCOC(CO)C(C)N. The third-order valence-electron chi connectivity index (χ3n) is 1.79. The van der Waals surface area contributed by atoms with Gasteiger partial charge in [0.15, 0.2) is 0 Å². The normalized spacial score (nSPS) is 16.5. The van der Waals surface area contributed by atoms with Gasteiger partial charge in [-0.1, -0.05) is 13.8 Å². The molecule has 0 aliphatic heterocycles. The summed E-state index contributed by atoms with van der Waals surface area (Å²) in [6, 6.07) is -0.0952. The molecule has 0 bridgehead atoms. The van der Waals surface area contributed by atoms with Crippen molar-refractivity contribution in [2.75, 3.05) is 13.2 Å². The molecule has 0 aromatic rings. The summed E-state index contributed by atoms with van der Waals surface area (Å²) in [6.45, 7) is 6.82. The van der Waals surface area contributed by atoms with Gasteiger partial charge in [0, 0.05) is 12.6 Å².